The average Bonchev–Trinajstić information content (AvgIpc) is 3.21. The summed E-state index contributed by atoms with van der Waals surface area (Å²) in [6.45, 7) is 0.495. The van der Waals surface area contributed by atoms with Crippen molar-refractivity contribution in [3.63, 3.8) is 0 Å². The molecule has 0 bridgehead atoms. The summed E-state index contributed by atoms with van der Waals surface area (Å²) in [4.78, 5) is 24.3. The van der Waals surface area contributed by atoms with Gasteiger partial charge in [-0.05, 0) is 37.0 Å². The van der Waals surface area contributed by atoms with Gasteiger partial charge >= 0.3 is 5.97 Å². The molecule has 0 atom stereocenters. The molecule has 1 aliphatic rings. The second-order valence-corrected chi connectivity index (χ2v) is 5.60. The Morgan fingerprint density at radius 2 is 2.14 bits per heavy atom. The molecule has 0 unspecified atom stereocenters. The lowest BCUT2D eigenvalue weighted by atomic mass is 10.3. The second-order valence-electron chi connectivity index (χ2n) is 5.17. The van der Waals surface area contributed by atoms with Crippen LogP contribution in [0, 0.1) is 5.92 Å². The molecule has 1 aromatic carbocycles. The first-order valence-electron chi connectivity index (χ1n) is 6.92. The van der Waals surface area contributed by atoms with Crippen LogP contribution in [0.4, 0.5) is 0 Å². The van der Waals surface area contributed by atoms with Gasteiger partial charge in [-0.2, -0.15) is 0 Å². The number of rotatable bonds is 8. The van der Waals surface area contributed by atoms with Crippen LogP contribution in [-0.2, 0) is 9.59 Å². The minimum absolute atomic E-state index is 0.159. The summed E-state index contributed by atoms with van der Waals surface area (Å²) in [5.74, 6) is -0.115. The zero-order valence-electron chi connectivity index (χ0n) is 11.6. The average molecular weight is 312 g/mol. The van der Waals surface area contributed by atoms with E-state index >= 15 is 0 Å². The van der Waals surface area contributed by atoms with Crippen molar-refractivity contribution in [2.24, 2.45) is 5.92 Å². The van der Waals surface area contributed by atoms with Crippen LogP contribution in [0.1, 0.15) is 19.3 Å². The number of carboxylic acids is 1. The van der Waals surface area contributed by atoms with E-state index in [0.717, 1.165) is 12.8 Å². The predicted molar refractivity (Wildman–Crippen MR) is 78.5 cm³/mol. The van der Waals surface area contributed by atoms with Crippen molar-refractivity contribution >= 4 is 23.5 Å². The maximum atomic E-state index is 12.1. The molecule has 6 heteroatoms. The van der Waals surface area contributed by atoms with Gasteiger partial charge in [0, 0.05) is 11.6 Å². The van der Waals surface area contributed by atoms with Crippen molar-refractivity contribution in [3.05, 3.63) is 29.3 Å². The molecule has 1 N–H and O–H groups in total. The Hall–Kier alpha value is -1.75. The van der Waals surface area contributed by atoms with Crippen molar-refractivity contribution in [3.8, 4) is 5.75 Å². The second kappa shape index (κ2) is 7.31. The molecule has 0 aromatic heterocycles. The highest BCUT2D eigenvalue weighted by atomic mass is 35.5. The van der Waals surface area contributed by atoms with E-state index in [1.807, 2.05) is 0 Å². The first kappa shape index (κ1) is 15.6. The summed E-state index contributed by atoms with van der Waals surface area (Å²) in [6, 6.07) is 6.94. The highest BCUT2D eigenvalue weighted by molar-refractivity contribution is 6.30. The Labute approximate surface area is 128 Å². The van der Waals surface area contributed by atoms with Gasteiger partial charge in [-0.15, -0.1) is 0 Å². The summed E-state index contributed by atoms with van der Waals surface area (Å²) in [7, 11) is 0. The van der Waals surface area contributed by atoms with Crippen LogP contribution in [0.25, 0.3) is 0 Å². The van der Waals surface area contributed by atoms with E-state index in [4.69, 9.17) is 21.4 Å². The Morgan fingerprint density at radius 1 is 1.38 bits per heavy atom. The molecular weight excluding hydrogens is 294 g/mol. The SMILES string of the molecule is O=C(O)CN(CC1CC1)C(=O)CCOc1cccc(Cl)c1. The quantitative estimate of drug-likeness (QED) is 0.800. The third-order valence-electron chi connectivity index (χ3n) is 3.24. The number of aliphatic carboxylic acids is 1. The maximum absolute atomic E-state index is 12.1. The monoisotopic (exact) mass is 311 g/mol. The van der Waals surface area contributed by atoms with Gasteiger partial charge in [-0.1, -0.05) is 17.7 Å². The number of benzene rings is 1. The lowest BCUT2D eigenvalue weighted by Gasteiger charge is -2.20. The number of hydrogen-bond donors (Lipinski definition) is 1. The lowest BCUT2D eigenvalue weighted by molar-refractivity contribution is -0.144. The highest BCUT2D eigenvalue weighted by Gasteiger charge is 2.27. The number of carboxylic acid groups (broad SMARTS) is 1. The van der Waals surface area contributed by atoms with Crippen molar-refractivity contribution in [2.45, 2.75) is 19.3 Å². The molecule has 5 nitrogen and oxygen atoms in total. The zero-order valence-corrected chi connectivity index (χ0v) is 12.4. The minimum atomic E-state index is -0.986. The number of carbonyl (C=O) groups is 2. The number of amides is 1. The molecule has 1 amide bonds. The maximum Gasteiger partial charge on any atom is 0.323 e. The highest BCUT2D eigenvalue weighted by Crippen LogP contribution is 2.29. The van der Waals surface area contributed by atoms with Gasteiger partial charge in [-0.3, -0.25) is 9.59 Å². The number of nitrogens with zero attached hydrogens (tertiary/aromatic N) is 1. The Kier molecular flexibility index (Phi) is 5.44. The minimum Gasteiger partial charge on any atom is -0.493 e. The van der Waals surface area contributed by atoms with E-state index in [9.17, 15) is 9.59 Å². The Bertz CT molecular complexity index is 516. The number of carbonyl (C=O) groups excluding carboxylic acids is 1. The van der Waals surface area contributed by atoms with E-state index < -0.39 is 5.97 Å². The van der Waals surface area contributed by atoms with Crippen molar-refractivity contribution in [2.75, 3.05) is 19.7 Å². The van der Waals surface area contributed by atoms with Crippen LogP contribution < -0.4 is 4.74 Å². The molecule has 0 heterocycles. The molecule has 21 heavy (non-hydrogen) atoms. The standard InChI is InChI=1S/C15H18ClNO4/c16-12-2-1-3-13(8-12)21-7-6-14(18)17(10-15(19)20)9-11-4-5-11/h1-3,8,11H,4-7,9-10H2,(H,19,20). The van der Waals surface area contributed by atoms with Gasteiger partial charge in [0.2, 0.25) is 5.91 Å². The largest absolute Gasteiger partial charge is 0.493 e. The van der Waals surface area contributed by atoms with Crippen LogP contribution in [0.15, 0.2) is 24.3 Å². The smallest absolute Gasteiger partial charge is 0.323 e. The Balaban J connectivity index is 1.79. The van der Waals surface area contributed by atoms with Crippen LogP contribution >= 0.6 is 11.6 Å². The van der Waals surface area contributed by atoms with Gasteiger partial charge in [0.25, 0.3) is 0 Å². The zero-order chi connectivity index (χ0) is 15.2. The molecular formula is C15H18ClNO4. The first-order chi connectivity index (χ1) is 10.0. The third-order valence-corrected chi connectivity index (χ3v) is 3.47. The van der Waals surface area contributed by atoms with E-state index in [1.54, 1.807) is 24.3 Å². The van der Waals surface area contributed by atoms with E-state index in [0.29, 0.717) is 23.2 Å². The predicted octanol–water partition coefficient (Wildman–Crippen LogP) is 2.43. The van der Waals surface area contributed by atoms with E-state index in [1.165, 1.54) is 4.90 Å². The number of ether oxygens (including phenoxy) is 1. The lowest BCUT2D eigenvalue weighted by Crippen LogP contribution is -2.37. The first-order valence-corrected chi connectivity index (χ1v) is 7.30. The van der Waals surface area contributed by atoms with Gasteiger partial charge in [0.05, 0.1) is 13.0 Å². The van der Waals surface area contributed by atoms with Crippen molar-refractivity contribution in [1.82, 2.24) is 4.90 Å². The molecule has 0 aliphatic heterocycles. The molecule has 0 saturated heterocycles. The fraction of sp³-hybridized carbons (Fsp3) is 0.467. The van der Waals surface area contributed by atoms with E-state index in [-0.39, 0.29) is 25.5 Å². The molecule has 1 aromatic rings. The molecule has 1 aliphatic carbocycles. The summed E-state index contributed by atoms with van der Waals surface area (Å²) >= 11 is 5.84. The van der Waals surface area contributed by atoms with Crippen molar-refractivity contribution in [1.29, 1.82) is 0 Å². The van der Waals surface area contributed by atoms with E-state index in [2.05, 4.69) is 0 Å². The summed E-state index contributed by atoms with van der Waals surface area (Å²) in [6.07, 6.45) is 2.30. The molecule has 1 fully saturated rings. The van der Waals surface area contributed by atoms with Gasteiger partial charge < -0.3 is 14.7 Å². The summed E-state index contributed by atoms with van der Waals surface area (Å²) in [5.41, 5.74) is 0. The van der Waals surface area contributed by atoms with Gasteiger partial charge in [-0.25, -0.2) is 0 Å². The molecule has 2 rings (SSSR count). The topological polar surface area (TPSA) is 66.8 Å². The Morgan fingerprint density at radius 3 is 2.76 bits per heavy atom. The fourth-order valence-corrected chi connectivity index (χ4v) is 2.18. The van der Waals surface area contributed by atoms with Gasteiger partial charge in [0.1, 0.15) is 12.3 Å². The molecule has 0 radical (unpaired) electrons. The number of halogens is 1. The fourth-order valence-electron chi connectivity index (χ4n) is 2.00. The normalized spacial score (nSPS) is 13.8. The van der Waals surface area contributed by atoms with Crippen LogP contribution in [0.2, 0.25) is 5.02 Å². The van der Waals surface area contributed by atoms with Crippen LogP contribution in [0.5, 0.6) is 5.75 Å². The third kappa shape index (κ3) is 5.63. The van der Waals surface area contributed by atoms with Gasteiger partial charge in [0.15, 0.2) is 0 Å². The molecule has 114 valence electrons. The number of hydrogen-bond acceptors (Lipinski definition) is 3. The van der Waals surface area contributed by atoms with Crippen LogP contribution in [-0.4, -0.2) is 41.6 Å². The molecule has 1 saturated carbocycles. The summed E-state index contributed by atoms with van der Waals surface area (Å²) in [5, 5.41) is 9.43. The summed E-state index contributed by atoms with van der Waals surface area (Å²) < 4.78 is 5.45. The molecule has 0 spiro atoms. The van der Waals surface area contributed by atoms with Crippen molar-refractivity contribution < 1.29 is 19.4 Å². The van der Waals surface area contributed by atoms with Crippen LogP contribution in [0.3, 0.4) is 0 Å².